The highest BCUT2D eigenvalue weighted by Crippen LogP contribution is 2.56. The predicted molar refractivity (Wildman–Crippen MR) is 232 cm³/mol. The van der Waals surface area contributed by atoms with E-state index in [1.165, 1.54) is 12.1 Å². The number of ether oxygens (including phenoxy) is 1. The number of carboxylic acids is 1. The predicted octanol–water partition coefficient (Wildman–Crippen LogP) is 9.38. The van der Waals surface area contributed by atoms with E-state index >= 15 is 0 Å². The molecule has 0 unspecified atom stereocenters. The van der Waals surface area contributed by atoms with Crippen molar-refractivity contribution in [1.82, 2.24) is 4.58 Å². The summed E-state index contributed by atoms with van der Waals surface area (Å²) < 4.78 is 45.6. The van der Waals surface area contributed by atoms with Gasteiger partial charge in [0.05, 0.1) is 32.5 Å². The quantitative estimate of drug-likeness (QED) is 0.107. The number of carboxylic acid groups (broad SMARTS) is 1. The summed E-state index contributed by atoms with van der Waals surface area (Å²) in [4.78, 5) is 13.9. The summed E-state index contributed by atoms with van der Waals surface area (Å²) in [5.41, 5.74) is 5.34. The third kappa shape index (κ3) is 5.21. The van der Waals surface area contributed by atoms with Gasteiger partial charge in [0, 0.05) is 51.5 Å². The average molecular weight is 795 g/mol. The molecule has 0 saturated carbocycles. The molecule has 1 N–H and O–H groups in total. The lowest BCUT2D eigenvalue weighted by atomic mass is 9.80. The van der Waals surface area contributed by atoms with Crippen molar-refractivity contribution in [3.05, 3.63) is 154 Å². The van der Waals surface area contributed by atoms with Crippen LogP contribution in [0, 0.1) is 0 Å². The second-order valence-corrected chi connectivity index (χ2v) is 18.8. The molecule has 3 heterocycles. The van der Waals surface area contributed by atoms with Crippen molar-refractivity contribution < 1.29 is 27.6 Å². The van der Waals surface area contributed by atoms with Crippen molar-refractivity contribution in [3.8, 4) is 11.5 Å². The Hall–Kier alpha value is -6.55. The van der Waals surface area contributed by atoms with Gasteiger partial charge in [-0.15, -0.1) is 0 Å². The van der Waals surface area contributed by atoms with Crippen molar-refractivity contribution in [1.29, 1.82) is 0 Å². The Morgan fingerprint density at radius 3 is 1.88 bits per heavy atom. The highest BCUT2D eigenvalue weighted by Gasteiger charge is 2.46. The molecular weight excluding hydrogens is 757 g/mol. The fourth-order valence-electron chi connectivity index (χ4n) is 10.0. The van der Waals surface area contributed by atoms with E-state index in [2.05, 4.69) is 110 Å². The van der Waals surface area contributed by atoms with E-state index in [0.29, 0.717) is 13.1 Å². The van der Waals surface area contributed by atoms with E-state index in [4.69, 9.17) is 4.74 Å². The summed E-state index contributed by atoms with van der Waals surface area (Å²) in [5.74, 6) is 0.643. The number of rotatable bonds is 4. The number of aromatic carboxylic acids is 1. The number of carbonyl (C=O) groups is 1. The van der Waals surface area contributed by atoms with Crippen molar-refractivity contribution in [2.75, 3.05) is 18.0 Å². The largest absolute Gasteiger partial charge is 0.744 e. The number of anilines is 2. The molecule has 290 valence electrons. The van der Waals surface area contributed by atoms with Gasteiger partial charge in [-0.25, -0.2) is 13.2 Å². The zero-order valence-electron chi connectivity index (χ0n) is 32.8. The van der Waals surface area contributed by atoms with Crippen LogP contribution in [0.5, 0.6) is 11.5 Å². The Bertz CT molecular complexity index is 3460. The molecule has 0 aromatic heterocycles. The molecule has 0 radical (unpaired) electrons. The number of nitrogens with zero attached hydrogens (tertiary/aromatic N) is 2. The molecule has 0 spiro atoms. The first kappa shape index (κ1) is 35.6. The summed E-state index contributed by atoms with van der Waals surface area (Å²) in [6, 6.07) is 39.1. The van der Waals surface area contributed by atoms with Gasteiger partial charge in [-0.3, -0.25) is 0 Å². The van der Waals surface area contributed by atoms with E-state index in [9.17, 15) is 22.9 Å². The molecule has 0 aliphatic carbocycles. The van der Waals surface area contributed by atoms with Crippen molar-refractivity contribution in [3.63, 3.8) is 0 Å². The minimum absolute atomic E-state index is 0.236. The first-order chi connectivity index (χ1) is 28.2. The van der Waals surface area contributed by atoms with Crippen LogP contribution in [0.1, 0.15) is 54.7 Å². The Morgan fingerprint density at radius 1 is 0.712 bits per heavy atom. The molecule has 59 heavy (non-hydrogen) atoms. The SMILES string of the molecule is CC1(C)CN(c2ccc(C(=O)O)cc2)c2c1c1c(c3cc4ccccc4cc23)C=c2c(c3c(c4cc5ccccc5cc24)=[N+](c2ccc(S(=O)(=O)[O-])cc2)CC3(C)C)O1. The summed E-state index contributed by atoms with van der Waals surface area (Å²) in [7, 11) is -4.62. The second kappa shape index (κ2) is 12.0. The monoisotopic (exact) mass is 794 g/mol. The molecule has 8 nitrogen and oxygen atoms in total. The van der Waals surface area contributed by atoms with E-state index in [1.807, 2.05) is 18.2 Å². The van der Waals surface area contributed by atoms with Gasteiger partial charge in [0.1, 0.15) is 21.6 Å². The fraction of sp³-hybridized carbons (Fsp3) is 0.160. The zero-order chi connectivity index (χ0) is 40.7. The highest BCUT2D eigenvalue weighted by atomic mass is 32.2. The van der Waals surface area contributed by atoms with E-state index < -0.39 is 21.5 Å². The molecular formula is C50H38N2O6S. The van der Waals surface area contributed by atoms with Crippen LogP contribution in [0.15, 0.2) is 126 Å². The summed E-state index contributed by atoms with van der Waals surface area (Å²) in [5, 5.41) is 20.4. The van der Waals surface area contributed by atoms with Gasteiger partial charge in [-0.05, 0) is 113 Å². The number of benzene rings is 8. The minimum Gasteiger partial charge on any atom is -0.744 e. The normalized spacial score (nSPS) is 16.2. The average Bonchev–Trinajstić information content (AvgIpc) is 3.68. The molecule has 0 fully saturated rings. The molecule has 3 aliphatic heterocycles. The first-order valence-corrected chi connectivity index (χ1v) is 21.1. The van der Waals surface area contributed by atoms with E-state index in [1.54, 1.807) is 24.3 Å². The number of fused-ring (bicyclic) bond motifs is 14. The molecule has 0 atom stereocenters. The van der Waals surface area contributed by atoms with Gasteiger partial charge in [0.2, 0.25) is 11.0 Å². The summed E-state index contributed by atoms with van der Waals surface area (Å²) in [6.45, 7) is 10.2. The summed E-state index contributed by atoms with van der Waals surface area (Å²) >= 11 is 0. The van der Waals surface area contributed by atoms with E-state index in [0.717, 1.165) is 98.9 Å². The van der Waals surface area contributed by atoms with Crippen LogP contribution in [0.3, 0.4) is 0 Å². The molecule has 8 aromatic carbocycles. The number of hydrogen-bond acceptors (Lipinski definition) is 6. The standard InChI is InChI=1S/C50H38N2O6S/c1-49(2)26-51(33-15-13-28(14-16-33)48(53)54)44-38-23-31-11-7-5-9-29(31)21-36(38)40-25-41-37-22-30-10-6-8-12-32(30)24-39(37)45-43(47(41)58-46(40)42(44)49)50(3,4)27-52(45)34-17-19-35(20-18-34)59(55,56)57/h5-25H,26-27H2,1-4H3,(H-,53,54,55,56,57). The van der Waals surface area contributed by atoms with Crippen molar-refractivity contribution in [2.24, 2.45) is 0 Å². The first-order valence-electron chi connectivity index (χ1n) is 19.7. The van der Waals surface area contributed by atoms with Crippen LogP contribution < -0.4 is 24.8 Å². The molecule has 0 amide bonds. The second-order valence-electron chi connectivity index (χ2n) is 17.4. The maximum Gasteiger partial charge on any atom is 0.335 e. The van der Waals surface area contributed by atoms with Gasteiger partial charge >= 0.3 is 5.97 Å². The molecule has 8 aromatic rings. The Balaban J connectivity index is 1.28. The lowest BCUT2D eigenvalue weighted by Crippen LogP contribution is -2.29. The molecule has 11 rings (SSSR count). The maximum absolute atomic E-state index is 11.9. The van der Waals surface area contributed by atoms with Gasteiger partial charge in [-0.2, -0.15) is 4.58 Å². The molecule has 9 heteroatoms. The fourth-order valence-corrected chi connectivity index (χ4v) is 10.5. The van der Waals surface area contributed by atoms with Crippen LogP contribution in [0.4, 0.5) is 17.1 Å². The number of hydrogen-bond donors (Lipinski definition) is 1. The lowest BCUT2D eigenvalue weighted by Gasteiger charge is -2.28. The van der Waals surface area contributed by atoms with Gasteiger partial charge < -0.3 is 19.3 Å². The third-order valence-electron chi connectivity index (χ3n) is 12.6. The maximum atomic E-state index is 11.9. The van der Waals surface area contributed by atoms with Crippen molar-refractivity contribution in [2.45, 2.75) is 43.4 Å². The zero-order valence-corrected chi connectivity index (χ0v) is 33.6. The lowest BCUT2D eigenvalue weighted by molar-refractivity contribution is 0.0697. The summed E-state index contributed by atoms with van der Waals surface area (Å²) in [6.07, 6.45) is 2.33. The molecule has 3 aliphatic rings. The van der Waals surface area contributed by atoms with Gasteiger partial charge in [-0.1, -0.05) is 62.4 Å². The van der Waals surface area contributed by atoms with Crippen LogP contribution in [0.2, 0.25) is 0 Å². The third-order valence-corrected chi connectivity index (χ3v) is 13.5. The molecule has 0 bridgehead atoms. The highest BCUT2D eigenvalue weighted by molar-refractivity contribution is 7.85. The Morgan fingerprint density at radius 2 is 1.29 bits per heavy atom. The minimum atomic E-state index is -4.62. The van der Waals surface area contributed by atoms with Crippen LogP contribution in [0.25, 0.3) is 49.2 Å². The van der Waals surface area contributed by atoms with Gasteiger partial charge in [0.25, 0.3) is 0 Å². The van der Waals surface area contributed by atoms with Gasteiger partial charge in [0.15, 0.2) is 6.54 Å². The smallest absolute Gasteiger partial charge is 0.335 e. The Labute approximate surface area is 340 Å². The van der Waals surface area contributed by atoms with Crippen molar-refractivity contribution >= 4 is 82.3 Å². The topological polar surface area (TPSA) is 110 Å². The van der Waals surface area contributed by atoms with Crippen LogP contribution in [-0.2, 0) is 20.9 Å². The van der Waals surface area contributed by atoms with Crippen LogP contribution in [-0.4, -0.2) is 37.1 Å². The molecule has 0 saturated heterocycles. The Kier molecular flexibility index (Phi) is 7.24. The van der Waals surface area contributed by atoms with Crippen LogP contribution >= 0.6 is 0 Å². The van der Waals surface area contributed by atoms with E-state index in [-0.39, 0.29) is 15.9 Å².